The van der Waals surface area contributed by atoms with E-state index >= 15 is 0 Å². The molecular formula is C10H16ClN3O3. The van der Waals surface area contributed by atoms with E-state index in [0.717, 1.165) is 12.7 Å². The van der Waals surface area contributed by atoms with Gasteiger partial charge in [-0.3, -0.25) is 10.2 Å². The summed E-state index contributed by atoms with van der Waals surface area (Å²) in [5, 5.41) is 14.1. The van der Waals surface area contributed by atoms with Gasteiger partial charge in [-0.2, -0.15) is 0 Å². The number of benzene rings is 1. The predicted octanol–water partition coefficient (Wildman–Crippen LogP) is 1.28. The molecule has 0 fully saturated rings. The number of carboxylic acids is 1. The van der Waals surface area contributed by atoms with E-state index in [-0.39, 0.29) is 5.96 Å². The molecule has 1 aromatic rings. The van der Waals surface area contributed by atoms with Crippen LogP contribution in [0.3, 0.4) is 0 Å². The van der Waals surface area contributed by atoms with E-state index in [1.807, 2.05) is 18.2 Å². The first-order valence-electron chi connectivity index (χ1n) is 4.38. The van der Waals surface area contributed by atoms with Crippen LogP contribution in [0.15, 0.2) is 24.3 Å². The molecule has 6 N–H and O–H groups in total. The fourth-order valence-corrected chi connectivity index (χ4v) is 0.823. The minimum absolute atomic E-state index is 0.333. The topological polar surface area (TPSA) is 122 Å². The molecule has 1 aromatic carbocycles. The van der Waals surface area contributed by atoms with Crippen LogP contribution in [-0.2, 0) is 4.79 Å². The third-order valence-electron chi connectivity index (χ3n) is 1.06. The van der Waals surface area contributed by atoms with Gasteiger partial charge < -0.3 is 21.3 Å². The number of rotatable bonds is 1. The summed E-state index contributed by atoms with van der Waals surface area (Å²) < 4.78 is 4.91. The summed E-state index contributed by atoms with van der Waals surface area (Å²) in [6.45, 7) is 1.08. The van der Waals surface area contributed by atoms with Gasteiger partial charge in [-0.25, -0.2) is 0 Å². The van der Waals surface area contributed by atoms with Crippen molar-refractivity contribution in [3.05, 3.63) is 29.3 Å². The van der Waals surface area contributed by atoms with Crippen LogP contribution in [0.2, 0.25) is 5.02 Å². The molecule has 96 valence electrons. The van der Waals surface area contributed by atoms with E-state index in [4.69, 9.17) is 31.6 Å². The number of nitrogens with two attached hydrogens (primary N) is 2. The molecule has 0 spiro atoms. The molecule has 0 aliphatic rings. The molecule has 0 radical (unpaired) electrons. The average molecular weight is 262 g/mol. The highest BCUT2D eigenvalue weighted by Crippen LogP contribution is 2.21. The number of carboxylic acid groups (broad SMARTS) is 1. The number of guanidine groups is 1. The Bertz CT molecular complexity index is 338. The highest BCUT2D eigenvalue weighted by atomic mass is 35.5. The Morgan fingerprint density at radius 1 is 1.41 bits per heavy atom. The van der Waals surface area contributed by atoms with Crippen molar-refractivity contribution in [2.75, 3.05) is 7.11 Å². The molecule has 6 nitrogen and oxygen atoms in total. The smallest absolute Gasteiger partial charge is 0.300 e. The Kier molecular flexibility index (Phi) is 10.8. The summed E-state index contributed by atoms with van der Waals surface area (Å²) in [6.07, 6.45) is 0. The van der Waals surface area contributed by atoms with Crippen molar-refractivity contribution in [2.24, 2.45) is 11.5 Å². The van der Waals surface area contributed by atoms with Crippen LogP contribution < -0.4 is 16.2 Å². The fraction of sp³-hybridized carbons (Fsp3) is 0.200. The van der Waals surface area contributed by atoms with E-state index in [0.29, 0.717) is 5.02 Å². The minimum Gasteiger partial charge on any atom is -0.495 e. The SMILES string of the molecule is CC(=O)O.COc1ccccc1Cl.N=C(N)N. The van der Waals surface area contributed by atoms with Crippen LogP contribution in [0.25, 0.3) is 0 Å². The summed E-state index contributed by atoms with van der Waals surface area (Å²) in [6, 6.07) is 7.36. The average Bonchev–Trinajstić information content (AvgIpc) is 2.16. The number of methoxy groups -OCH3 is 1. The Hall–Kier alpha value is -1.95. The quantitative estimate of drug-likeness (QED) is 0.448. The molecular weight excluding hydrogens is 246 g/mol. The van der Waals surface area contributed by atoms with Crippen LogP contribution in [-0.4, -0.2) is 24.1 Å². The number of aliphatic carboxylic acids is 1. The van der Waals surface area contributed by atoms with E-state index in [9.17, 15) is 0 Å². The van der Waals surface area contributed by atoms with E-state index in [1.54, 1.807) is 13.2 Å². The standard InChI is InChI=1S/C7H7ClO.C2H4O2.CH5N3/c1-9-7-5-3-2-4-6(7)8;1-2(3)4;2-1(3)4/h2-5H,1H3;1H3,(H,3,4);(H5,2,3,4). The Labute approximate surface area is 105 Å². The number of para-hydroxylation sites is 1. The Morgan fingerprint density at radius 2 is 1.76 bits per heavy atom. The minimum atomic E-state index is -0.833. The Balaban J connectivity index is 0. The molecule has 0 atom stereocenters. The molecule has 0 bridgehead atoms. The van der Waals surface area contributed by atoms with Gasteiger partial charge in [0.15, 0.2) is 5.96 Å². The number of hydrogen-bond donors (Lipinski definition) is 4. The van der Waals surface area contributed by atoms with E-state index in [1.165, 1.54) is 0 Å². The molecule has 0 aromatic heterocycles. The van der Waals surface area contributed by atoms with Crippen molar-refractivity contribution in [1.29, 1.82) is 5.41 Å². The summed E-state index contributed by atoms with van der Waals surface area (Å²) in [5.41, 5.74) is 8.94. The lowest BCUT2D eigenvalue weighted by molar-refractivity contribution is -0.134. The zero-order chi connectivity index (χ0) is 13.8. The van der Waals surface area contributed by atoms with Crippen molar-refractivity contribution >= 4 is 23.5 Å². The lowest BCUT2D eigenvalue weighted by Crippen LogP contribution is -2.20. The number of halogens is 1. The first kappa shape index (κ1) is 17.4. The van der Waals surface area contributed by atoms with Crippen LogP contribution in [0.5, 0.6) is 5.75 Å². The second-order valence-corrected chi connectivity index (χ2v) is 3.02. The number of ether oxygens (including phenoxy) is 1. The van der Waals surface area contributed by atoms with Crippen LogP contribution in [0.1, 0.15) is 6.92 Å². The molecule has 0 unspecified atom stereocenters. The normalized spacial score (nSPS) is 7.71. The second kappa shape index (κ2) is 10.6. The van der Waals surface area contributed by atoms with Crippen molar-refractivity contribution in [3.63, 3.8) is 0 Å². The molecule has 0 heterocycles. The predicted molar refractivity (Wildman–Crippen MR) is 67.4 cm³/mol. The Morgan fingerprint density at radius 3 is 2.00 bits per heavy atom. The second-order valence-electron chi connectivity index (χ2n) is 2.61. The number of hydrogen-bond acceptors (Lipinski definition) is 3. The maximum atomic E-state index is 9.00. The zero-order valence-corrected chi connectivity index (χ0v) is 10.4. The third kappa shape index (κ3) is 16.7. The maximum Gasteiger partial charge on any atom is 0.300 e. The molecule has 0 amide bonds. The molecule has 1 rings (SSSR count). The van der Waals surface area contributed by atoms with Crippen molar-refractivity contribution in [3.8, 4) is 5.75 Å². The molecule has 17 heavy (non-hydrogen) atoms. The highest BCUT2D eigenvalue weighted by molar-refractivity contribution is 6.32. The van der Waals surface area contributed by atoms with Crippen LogP contribution in [0.4, 0.5) is 0 Å². The number of nitrogens with one attached hydrogen (secondary N) is 1. The van der Waals surface area contributed by atoms with Gasteiger partial charge in [0.25, 0.3) is 5.97 Å². The summed E-state index contributed by atoms with van der Waals surface area (Å²) >= 11 is 5.70. The van der Waals surface area contributed by atoms with Gasteiger partial charge >= 0.3 is 0 Å². The summed E-state index contributed by atoms with van der Waals surface area (Å²) in [4.78, 5) is 9.00. The van der Waals surface area contributed by atoms with Crippen molar-refractivity contribution in [1.82, 2.24) is 0 Å². The van der Waals surface area contributed by atoms with Gasteiger partial charge in [-0.1, -0.05) is 23.7 Å². The van der Waals surface area contributed by atoms with Crippen molar-refractivity contribution in [2.45, 2.75) is 6.92 Å². The van der Waals surface area contributed by atoms with E-state index in [2.05, 4.69) is 11.5 Å². The largest absolute Gasteiger partial charge is 0.495 e. The summed E-state index contributed by atoms with van der Waals surface area (Å²) in [5.74, 6) is -0.445. The molecule has 0 aliphatic heterocycles. The fourth-order valence-electron chi connectivity index (χ4n) is 0.610. The highest BCUT2D eigenvalue weighted by Gasteiger charge is 1.93. The lowest BCUT2D eigenvalue weighted by atomic mass is 10.3. The van der Waals surface area contributed by atoms with Crippen LogP contribution in [0, 0.1) is 5.41 Å². The van der Waals surface area contributed by atoms with Gasteiger partial charge in [0.05, 0.1) is 12.1 Å². The maximum absolute atomic E-state index is 9.00. The zero-order valence-electron chi connectivity index (χ0n) is 9.61. The van der Waals surface area contributed by atoms with Gasteiger partial charge in [0.1, 0.15) is 5.75 Å². The molecule has 0 saturated carbocycles. The first-order valence-corrected chi connectivity index (χ1v) is 4.76. The van der Waals surface area contributed by atoms with Gasteiger partial charge in [-0.15, -0.1) is 0 Å². The third-order valence-corrected chi connectivity index (χ3v) is 1.37. The molecule has 7 heteroatoms. The summed E-state index contributed by atoms with van der Waals surface area (Å²) in [7, 11) is 1.60. The van der Waals surface area contributed by atoms with Crippen LogP contribution >= 0.6 is 11.6 Å². The molecule has 0 aliphatic carbocycles. The van der Waals surface area contributed by atoms with Gasteiger partial charge in [0, 0.05) is 6.92 Å². The van der Waals surface area contributed by atoms with E-state index < -0.39 is 5.97 Å². The monoisotopic (exact) mass is 261 g/mol. The first-order chi connectivity index (χ1) is 7.81. The number of carbonyl (C=O) groups is 1. The van der Waals surface area contributed by atoms with Gasteiger partial charge in [-0.05, 0) is 12.1 Å². The molecule has 0 saturated heterocycles. The lowest BCUT2D eigenvalue weighted by Gasteiger charge is -1.98. The van der Waals surface area contributed by atoms with Crippen molar-refractivity contribution < 1.29 is 14.6 Å². The van der Waals surface area contributed by atoms with Gasteiger partial charge in [0.2, 0.25) is 0 Å².